The number of rotatable bonds is 4. The van der Waals surface area contributed by atoms with Crippen molar-refractivity contribution in [1.82, 2.24) is 4.90 Å². The Morgan fingerprint density at radius 3 is 2.67 bits per heavy atom. The number of esters is 1. The highest BCUT2D eigenvalue weighted by atomic mass is 35.5. The van der Waals surface area contributed by atoms with Crippen molar-refractivity contribution in [1.29, 1.82) is 0 Å². The molecule has 0 fully saturated rings. The summed E-state index contributed by atoms with van der Waals surface area (Å²) in [6.45, 7) is 2.51. The molecule has 0 saturated carbocycles. The second-order valence-electron chi connectivity index (χ2n) is 5.62. The quantitative estimate of drug-likeness (QED) is 0.840. The molecule has 0 amide bonds. The van der Waals surface area contributed by atoms with Gasteiger partial charge in [0.15, 0.2) is 5.06 Å². The van der Waals surface area contributed by atoms with Gasteiger partial charge in [-0.1, -0.05) is 23.7 Å². The van der Waals surface area contributed by atoms with Crippen LogP contribution in [0.2, 0.25) is 5.02 Å². The number of benzene rings is 1. The van der Waals surface area contributed by atoms with E-state index in [1.807, 2.05) is 11.0 Å². The molecule has 0 aliphatic carbocycles. The first-order chi connectivity index (χ1) is 11.4. The van der Waals surface area contributed by atoms with E-state index in [1.165, 1.54) is 18.3 Å². The molecule has 1 aliphatic heterocycles. The number of halogens is 1. The number of hydrogen-bond donors (Lipinski definition) is 1. The van der Waals surface area contributed by atoms with Crippen molar-refractivity contribution in [2.24, 2.45) is 0 Å². The number of carboxylic acids is 1. The Labute approximate surface area is 148 Å². The molecule has 0 spiro atoms. The fraction of sp³-hybridized carbons (Fsp3) is 0.294. The van der Waals surface area contributed by atoms with Gasteiger partial charge < -0.3 is 9.84 Å². The zero-order chi connectivity index (χ0) is 17.3. The predicted molar refractivity (Wildman–Crippen MR) is 91.6 cm³/mol. The molecule has 0 saturated heterocycles. The summed E-state index contributed by atoms with van der Waals surface area (Å²) in [5.41, 5.74) is 1.72. The van der Waals surface area contributed by atoms with Crippen LogP contribution in [0.4, 0.5) is 0 Å². The van der Waals surface area contributed by atoms with Crippen LogP contribution in [0.1, 0.15) is 29.0 Å². The fourth-order valence-electron chi connectivity index (χ4n) is 2.89. The number of thiophene rings is 1. The largest absolute Gasteiger partial charge is 0.480 e. The molecule has 3 rings (SSSR count). The van der Waals surface area contributed by atoms with Gasteiger partial charge in [-0.05, 0) is 35.7 Å². The molecule has 1 aliphatic rings. The standard InChI is InChI=1S/C17H16ClNO4S/c1-10(20)23-15-8-12-9-19(7-6-14(12)24-15)16(17(21)22)11-2-4-13(18)5-3-11/h2-5,8,16H,6-7,9H2,1H3,(H,21,22)/t16-/m0/s1. The van der Waals surface area contributed by atoms with E-state index in [9.17, 15) is 14.7 Å². The lowest BCUT2D eigenvalue weighted by Crippen LogP contribution is -2.37. The summed E-state index contributed by atoms with van der Waals surface area (Å²) in [4.78, 5) is 25.9. The third-order valence-electron chi connectivity index (χ3n) is 3.90. The molecule has 0 radical (unpaired) electrons. The van der Waals surface area contributed by atoms with Crippen LogP contribution < -0.4 is 4.74 Å². The molecule has 126 valence electrons. The van der Waals surface area contributed by atoms with Crippen molar-refractivity contribution in [3.63, 3.8) is 0 Å². The van der Waals surface area contributed by atoms with E-state index in [2.05, 4.69) is 0 Å². The molecule has 7 heteroatoms. The minimum absolute atomic E-state index is 0.352. The van der Waals surface area contributed by atoms with E-state index in [0.717, 1.165) is 16.9 Å². The maximum Gasteiger partial charge on any atom is 0.325 e. The third-order valence-corrected chi connectivity index (χ3v) is 5.27. The number of aliphatic carboxylic acids is 1. The van der Waals surface area contributed by atoms with Crippen molar-refractivity contribution < 1.29 is 19.4 Å². The number of carbonyl (C=O) groups excluding carboxylic acids is 1. The molecular formula is C17H16ClNO4S. The summed E-state index contributed by atoms with van der Waals surface area (Å²) in [7, 11) is 0. The highest BCUT2D eigenvalue weighted by Crippen LogP contribution is 2.36. The van der Waals surface area contributed by atoms with Gasteiger partial charge in [0.25, 0.3) is 0 Å². The zero-order valence-corrected chi connectivity index (χ0v) is 14.6. The smallest absolute Gasteiger partial charge is 0.325 e. The van der Waals surface area contributed by atoms with Crippen LogP contribution in [0.25, 0.3) is 0 Å². The van der Waals surface area contributed by atoms with Gasteiger partial charge in [-0.2, -0.15) is 0 Å². The SMILES string of the molecule is CC(=O)Oc1cc2c(s1)CCN([C@H](C(=O)O)c1ccc(Cl)cc1)C2. The number of carbonyl (C=O) groups is 2. The van der Waals surface area contributed by atoms with E-state index < -0.39 is 12.0 Å². The van der Waals surface area contributed by atoms with E-state index in [-0.39, 0.29) is 5.97 Å². The lowest BCUT2D eigenvalue weighted by atomic mass is 10.0. The summed E-state index contributed by atoms with van der Waals surface area (Å²) < 4.78 is 5.14. The third kappa shape index (κ3) is 3.61. The summed E-state index contributed by atoms with van der Waals surface area (Å²) in [6, 6.07) is 7.99. The highest BCUT2D eigenvalue weighted by molar-refractivity contribution is 7.14. The van der Waals surface area contributed by atoms with E-state index in [0.29, 0.717) is 28.7 Å². The van der Waals surface area contributed by atoms with Gasteiger partial charge in [-0.15, -0.1) is 11.3 Å². The Hall–Kier alpha value is -1.89. The van der Waals surface area contributed by atoms with Crippen LogP contribution >= 0.6 is 22.9 Å². The minimum atomic E-state index is -0.892. The van der Waals surface area contributed by atoms with E-state index in [4.69, 9.17) is 16.3 Å². The van der Waals surface area contributed by atoms with Gasteiger partial charge in [0.05, 0.1) is 0 Å². The van der Waals surface area contributed by atoms with Gasteiger partial charge in [0.2, 0.25) is 0 Å². The lowest BCUT2D eigenvalue weighted by Gasteiger charge is -2.32. The van der Waals surface area contributed by atoms with Crippen molar-refractivity contribution in [3.05, 3.63) is 51.4 Å². The Morgan fingerprint density at radius 1 is 1.33 bits per heavy atom. The average molecular weight is 366 g/mol. The Bertz CT molecular complexity index is 771. The van der Waals surface area contributed by atoms with Crippen molar-refractivity contribution in [2.75, 3.05) is 6.54 Å². The van der Waals surface area contributed by atoms with E-state index in [1.54, 1.807) is 24.3 Å². The molecule has 1 atom stereocenters. The number of carboxylic acid groups (broad SMARTS) is 1. The Kier molecular flexibility index (Phi) is 4.89. The predicted octanol–water partition coefficient (Wildman–Crippen LogP) is 3.51. The van der Waals surface area contributed by atoms with Crippen molar-refractivity contribution in [3.8, 4) is 5.06 Å². The topological polar surface area (TPSA) is 66.8 Å². The highest BCUT2D eigenvalue weighted by Gasteiger charge is 2.31. The zero-order valence-electron chi connectivity index (χ0n) is 13.0. The van der Waals surface area contributed by atoms with Gasteiger partial charge in [-0.25, -0.2) is 0 Å². The molecule has 1 aromatic carbocycles. The molecule has 2 aromatic rings. The fourth-order valence-corrected chi connectivity index (χ4v) is 4.07. The number of ether oxygens (including phenoxy) is 1. The Balaban J connectivity index is 1.83. The average Bonchev–Trinajstić information content (AvgIpc) is 2.89. The van der Waals surface area contributed by atoms with Crippen LogP contribution in [-0.2, 0) is 22.6 Å². The first kappa shape index (κ1) is 17.0. The minimum Gasteiger partial charge on any atom is -0.480 e. The molecule has 5 nitrogen and oxygen atoms in total. The van der Waals surface area contributed by atoms with Crippen LogP contribution in [0.15, 0.2) is 30.3 Å². The van der Waals surface area contributed by atoms with Gasteiger partial charge in [-0.3, -0.25) is 14.5 Å². The maximum absolute atomic E-state index is 11.8. The second kappa shape index (κ2) is 6.93. The molecule has 1 N–H and O–H groups in total. The van der Waals surface area contributed by atoms with Gasteiger partial charge >= 0.3 is 11.9 Å². The van der Waals surface area contributed by atoms with Crippen LogP contribution in [-0.4, -0.2) is 28.5 Å². The Morgan fingerprint density at radius 2 is 2.04 bits per heavy atom. The number of nitrogens with zero attached hydrogens (tertiary/aromatic N) is 1. The van der Waals surface area contributed by atoms with Crippen LogP contribution in [0.3, 0.4) is 0 Å². The van der Waals surface area contributed by atoms with Gasteiger partial charge in [0.1, 0.15) is 6.04 Å². The number of hydrogen-bond acceptors (Lipinski definition) is 5. The van der Waals surface area contributed by atoms with Gasteiger partial charge in [0, 0.05) is 29.9 Å². The normalized spacial score (nSPS) is 15.6. The molecule has 0 bridgehead atoms. The van der Waals surface area contributed by atoms with Crippen LogP contribution in [0, 0.1) is 0 Å². The summed E-state index contributed by atoms with van der Waals surface area (Å²) in [5, 5.41) is 10.8. The molecule has 0 unspecified atom stereocenters. The monoisotopic (exact) mass is 365 g/mol. The summed E-state index contributed by atoms with van der Waals surface area (Å²) in [6.07, 6.45) is 0.735. The summed E-state index contributed by atoms with van der Waals surface area (Å²) in [5.74, 6) is -1.24. The molecule has 2 heterocycles. The molecular weight excluding hydrogens is 350 g/mol. The van der Waals surface area contributed by atoms with E-state index >= 15 is 0 Å². The molecule has 1 aromatic heterocycles. The number of fused-ring (bicyclic) bond motifs is 1. The lowest BCUT2D eigenvalue weighted by molar-refractivity contribution is -0.144. The first-order valence-corrected chi connectivity index (χ1v) is 8.66. The molecule has 24 heavy (non-hydrogen) atoms. The van der Waals surface area contributed by atoms with Crippen LogP contribution in [0.5, 0.6) is 5.06 Å². The summed E-state index contributed by atoms with van der Waals surface area (Å²) >= 11 is 7.34. The van der Waals surface area contributed by atoms with Crippen molar-refractivity contribution >= 4 is 34.9 Å². The first-order valence-electron chi connectivity index (χ1n) is 7.46. The second-order valence-corrected chi connectivity index (χ2v) is 7.16. The van der Waals surface area contributed by atoms with Crippen molar-refractivity contribution in [2.45, 2.75) is 25.9 Å². The maximum atomic E-state index is 11.8.